The van der Waals surface area contributed by atoms with E-state index in [4.69, 9.17) is 0 Å². The quantitative estimate of drug-likeness (QED) is 0.594. The Bertz CT molecular complexity index is 491. The molecule has 0 radical (unpaired) electrons. The van der Waals surface area contributed by atoms with E-state index >= 15 is 0 Å². The predicted molar refractivity (Wildman–Crippen MR) is 77.9 cm³/mol. The van der Waals surface area contributed by atoms with Crippen molar-refractivity contribution in [1.82, 2.24) is 0 Å². The van der Waals surface area contributed by atoms with E-state index < -0.39 is 0 Å². The molecule has 82 valence electrons. The van der Waals surface area contributed by atoms with Crippen molar-refractivity contribution in [3.63, 3.8) is 0 Å². The van der Waals surface area contributed by atoms with Crippen LogP contribution in [0.15, 0.2) is 57.2 Å². The Kier molecular flexibility index (Phi) is 3.74. The van der Waals surface area contributed by atoms with Crippen molar-refractivity contribution < 1.29 is 0 Å². The smallest absolute Gasteiger partial charge is 0.0655 e. The molecule has 0 aliphatic heterocycles. The summed E-state index contributed by atoms with van der Waals surface area (Å²) >= 11 is 13.2. The molecule has 0 unspecified atom stereocenters. The molecular formula is C12H11NS3. The summed E-state index contributed by atoms with van der Waals surface area (Å²) in [5, 5.41) is 3.28. The highest BCUT2D eigenvalue weighted by atomic mass is 32.1. The van der Waals surface area contributed by atoms with Crippen LogP contribution in [0.1, 0.15) is 0 Å². The summed E-state index contributed by atoms with van der Waals surface area (Å²) in [6, 6.07) is 13.6. The Labute approximate surface area is 112 Å². The summed E-state index contributed by atoms with van der Waals surface area (Å²) in [6.07, 6.45) is 0. The number of thiol groups is 3. The first-order valence-corrected chi connectivity index (χ1v) is 6.08. The van der Waals surface area contributed by atoms with Crippen molar-refractivity contribution in [3.8, 4) is 0 Å². The lowest BCUT2D eigenvalue weighted by Gasteiger charge is -2.12. The summed E-state index contributed by atoms with van der Waals surface area (Å²) < 4.78 is 0. The minimum absolute atomic E-state index is 0.865. The summed E-state index contributed by atoms with van der Waals surface area (Å²) in [7, 11) is 0. The summed E-state index contributed by atoms with van der Waals surface area (Å²) in [5.41, 5.74) is 1.85. The van der Waals surface area contributed by atoms with Crippen LogP contribution >= 0.6 is 37.9 Å². The minimum atomic E-state index is 0.865. The summed E-state index contributed by atoms with van der Waals surface area (Å²) in [5.74, 6) is 0. The van der Waals surface area contributed by atoms with Crippen molar-refractivity contribution in [1.29, 1.82) is 0 Å². The fourth-order valence-corrected chi connectivity index (χ4v) is 2.20. The van der Waals surface area contributed by atoms with Gasteiger partial charge in [0.15, 0.2) is 0 Å². The number of benzene rings is 2. The fraction of sp³-hybridized carbons (Fsp3) is 0. The van der Waals surface area contributed by atoms with Crippen molar-refractivity contribution in [2.24, 2.45) is 0 Å². The van der Waals surface area contributed by atoms with Crippen molar-refractivity contribution in [2.45, 2.75) is 14.7 Å². The molecule has 0 aliphatic carbocycles. The van der Waals surface area contributed by atoms with Gasteiger partial charge in [0, 0.05) is 14.7 Å². The Hall–Kier alpha value is -0.710. The molecular weight excluding hydrogens is 254 g/mol. The lowest BCUT2D eigenvalue weighted by atomic mass is 10.2. The van der Waals surface area contributed by atoms with E-state index in [0.29, 0.717) is 0 Å². The van der Waals surface area contributed by atoms with E-state index in [1.165, 1.54) is 0 Å². The second-order valence-electron chi connectivity index (χ2n) is 3.31. The average Bonchev–Trinajstić information content (AvgIpc) is 2.26. The summed E-state index contributed by atoms with van der Waals surface area (Å²) in [4.78, 5) is 2.62. The third-order valence-corrected chi connectivity index (χ3v) is 3.32. The zero-order valence-corrected chi connectivity index (χ0v) is 11.1. The molecule has 0 aromatic heterocycles. The van der Waals surface area contributed by atoms with Crippen LogP contribution < -0.4 is 5.32 Å². The Morgan fingerprint density at radius 3 is 1.88 bits per heavy atom. The van der Waals surface area contributed by atoms with E-state index in [2.05, 4.69) is 43.2 Å². The topological polar surface area (TPSA) is 12.0 Å². The van der Waals surface area contributed by atoms with Crippen LogP contribution in [-0.4, -0.2) is 0 Å². The highest BCUT2D eigenvalue weighted by Gasteiger charge is 2.05. The van der Waals surface area contributed by atoms with Crippen LogP contribution in [-0.2, 0) is 0 Å². The van der Waals surface area contributed by atoms with E-state index in [1.807, 2.05) is 42.5 Å². The maximum atomic E-state index is 4.40. The standard InChI is InChI=1S/C12H11NS3/c14-9-5-2-1-4-8(9)13-12-10(15)6-3-7-11(12)16/h1-7,13-16H. The molecule has 0 amide bonds. The first-order valence-electron chi connectivity index (χ1n) is 4.74. The molecule has 2 aromatic carbocycles. The minimum Gasteiger partial charge on any atom is -0.353 e. The molecule has 0 saturated heterocycles. The number of anilines is 2. The highest BCUT2D eigenvalue weighted by molar-refractivity contribution is 7.81. The zero-order chi connectivity index (χ0) is 11.5. The first kappa shape index (κ1) is 11.8. The molecule has 16 heavy (non-hydrogen) atoms. The van der Waals surface area contributed by atoms with Gasteiger partial charge in [0.1, 0.15) is 0 Å². The highest BCUT2D eigenvalue weighted by Crippen LogP contribution is 2.32. The van der Waals surface area contributed by atoms with Gasteiger partial charge in [-0.05, 0) is 24.3 Å². The monoisotopic (exact) mass is 265 g/mol. The van der Waals surface area contributed by atoms with E-state index in [-0.39, 0.29) is 0 Å². The van der Waals surface area contributed by atoms with E-state index in [9.17, 15) is 0 Å². The van der Waals surface area contributed by atoms with Gasteiger partial charge in [-0.25, -0.2) is 0 Å². The normalized spacial score (nSPS) is 10.2. The Balaban J connectivity index is 2.38. The molecule has 1 N–H and O–H groups in total. The van der Waals surface area contributed by atoms with E-state index in [0.717, 1.165) is 26.1 Å². The van der Waals surface area contributed by atoms with Crippen LogP contribution in [0.3, 0.4) is 0 Å². The Morgan fingerprint density at radius 1 is 0.688 bits per heavy atom. The largest absolute Gasteiger partial charge is 0.353 e. The second-order valence-corrected chi connectivity index (χ2v) is 4.76. The van der Waals surface area contributed by atoms with Gasteiger partial charge in [0.25, 0.3) is 0 Å². The van der Waals surface area contributed by atoms with Gasteiger partial charge in [-0.2, -0.15) is 0 Å². The first-order chi connectivity index (χ1) is 7.68. The number of nitrogens with one attached hydrogen (secondary N) is 1. The molecule has 2 rings (SSSR count). The Morgan fingerprint density at radius 2 is 1.25 bits per heavy atom. The number of hydrogen-bond donors (Lipinski definition) is 4. The third-order valence-electron chi connectivity index (χ3n) is 2.18. The van der Waals surface area contributed by atoms with Gasteiger partial charge in [0.05, 0.1) is 11.4 Å². The molecule has 0 fully saturated rings. The van der Waals surface area contributed by atoms with Crippen molar-refractivity contribution in [2.75, 3.05) is 5.32 Å². The zero-order valence-electron chi connectivity index (χ0n) is 8.38. The van der Waals surface area contributed by atoms with Crippen molar-refractivity contribution in [3.05, 3.63) is 42.5 Å². The lowest BCUT2D eigenvalue weighted by molar-refractivity contribution is 1.30. The average molecular weight is 265 g/mol. The molecule has 2 aromatic rings. The molecule has 0 heterocycles. The van der Waals surface area contributed by atoms with Gasteiger partial charge in [-0.3, -0.25) is 0 Å². The van der Waals surface area contributed by atoms with Crippen LogP contribution in [0.4, 0.5) is 11.4 Å². The third kappa shape index (κ3) is 2.51. The number of hydrogen-bond acceptors (Lipinski definition) is 4. The lowest BCUT2D eigenvalue weighted by Crippen LogP contribution is -1.93. The molecule has 1 nitrogen and oxygen atoms in total. The van der Waals surface area contributed by atoms with Gasteiger partial charge in [-0.15, -0.1) is 37.9 Å². The van der Waals surface area contributed by atoms with Gasteiger partial charge >= 0.3 is 0 Å². The second kappa shape index (κ2) is 5.08. The molecule has 0 spiro atoms. The van der Waals surface area contributed by atoms with Gasteiger partial charge in [-0.1, -0.05) is 18.2 Å². The molecule has 0 saturated carbocycles. The molecule has 0 aliphatic rings. The van der Waals surface area contributed by atoms with Crippen LogP contribution in [0.5, 0.6) is 0 Å². The fourth-order valence-electron chi connectivity index (χ4n) is 1.37. The molecule has 4 heteroatoms. The van der Waals surface area contributed by atoms with Gasteiger partial charge < -0.3 is 5.32 Å². The number of para-hydroxylation sites is 2. The predicted octanol–water partition coefficient (Wildman–Crippen LogP) is 4.30. The SMILES string of the molecule is Sc1ccccc1Nc1c(S)cccc1S. The molecule has 0 bridgehead atoms. The van der Waals surface area contributed by atoms with Crippen molar-refractivity contribution >= 4 is 49.3 Å². The maximum absolute atomic E-state index is 4.40. The van der Waals surface area contributed by atoms with Gasteiger partial charge in [0.2, 0.25) is 0 Å². The molecule has 0 atom stereocenters. The summed E-state index contributed by atoms with van der Waals surface area (Å²) in [6.45, 7) is 0. The van der Waals surface area contributed by atoms with Crippen LogP contribution in [0, 0.1) is 0 Å². The van der Waals surface area contributed by atoms with Crippen LogP contribution in [0.2, 0.25) is 0 Å². The van der Waals surface area contributed by atoms with Crippen LogP contribution in [0.25, 0.3) is 0 Å². The number of rotatable bonds is 2. The van der Waals surface area contributed by atoms with E-state index in [1.54, 1.807) is 0 Å². The maximum Gasteiger partial charge on any atom is 0.0655 e.